The molecule has 0 saturated heterocycles. The molecular weight excluding hydrogens is 296 g/mol. The van der Waals surface area contributed by atoms with Gasteiger partial charge < -0.3 is 18.9 Å². The third-order valence-electron chi connectivity index (χ3n) is 4.79. The van der Waals surface area contributed by atoms with E-state index in [1.165, 1.54) is 13.8 Å². The van der Waals surface area contributed by atoms with Gasteiger partial charge in [0.1, 0.15) is 0 Å². The Morgan fingerprint density at radius 1 is 0.636 bits per heavy atom. The normalized spacial score (nSPS) is 33.2. The van der Waals surface area contributed by atoms with Gasteiger partial charge in [0.05, 0.1) is 51.1 Å². The molecule has 1 aliphatic rings. The number of methoxy groups -OCH3 is 4. The summed E-state index contributed by atoms with van der Waals surface area (Å²) in [4.78, 5) is 48.6. The summed E-state index contributed by atoms with van der Waals surface area (Å²) in [5, 5.41) is 0. The van der Waals surface area contributed by atoms with Crippen LogP contribution in [0.2, 0.25) is 0 Å². The van der Waals surface area contributed by atoms with Gasteiger partial charge in [0.15, 0.2) is 0 Å². The van der Waals surface area contributed by atoms with Crippen molar-refractivity contribution in [3.63, 3.8) is 0 Å². The fraction of sp³-hybridized carbons (Fsp3) is 0.714. The predicted octanol–water partition coefficient (Wildman–Crippen LogP) is -0.0630. The third-order valence-corrected chi connectivity index (χ3v) is 4.79. The Morgan fingerprint density at radius 2 is 0.909 bits per heavy atom. The molecule has 1 rings (SSSR count). The number of hydrogen-bond donors (Lipinski definition) is 0. The largest absolute Gasteiger partial charge is 0.469 e. The van der Waals surface area contributed by atoms with Gasteiger partial charge in [-0.25, -0.2) is 0 Å². The van der Waals surface area contributed by atoms with Gasteiger partial charge in [-0.15, -0.1) is 0 Å². The monoisotopic (exact) mass is 316 g/mol. The van der Waals surface area contributed by atoms with E-state index in [4.69, 9.17) is 9.47 Å². The highest BCUT2D eigenvalue weighted by atomic mass is 16.5. The average Bonchev–Trinajstić information content (AvgIpc) is 2.54. The Kier molecular flexibility index (Phi) is 4.84. The van der Waals surface area contributed by atoms with E-state index in [-0.39, 0.29) is 0 Å². The summed E-state index contributed by atoms with van der Waals surface area (Å²) in [5.74, 6) is -5.63. The Bertz CT molecular complexity index is 467. The van der Waals surface area contributed by atoms with E-state index in [1.807, 2.05) is 0 Å². The molecule has 8 heteroatoms. The zero-order valence-corrected chi connectivity index (χ0v) is 13.4. The summed E-state index contributed by atoms with van der Waals surface area (Å²) >= 11 is 0. The van der Waals surface area contributed by atoms with E-state index in [0.29, 0.717) is 0 Å². The minimum Gasteiger partial charge on any atom is -0.469 e. The summed E-state index contributed by atoms with van der Waals surface area (Å²) in [7, 11) is 4.51. The second-order valence-corrected chi connectivity index (χ2v) is 5.39. The van der Waals surface area contributed by atoms with Crippen LogP contribution in [0.3, 0.4) is 0 Å². The van der Waals surface area contributed by atoms with Crippen molar-refractivity contribution in [2.75, 3.05) is 28.4 Å². The Labute approximate surface area is 128 Å². The van der Waals surface area contributed by atoms with Crippen molar-refractivity contribution in [3.8, 4) is 0 Å². The first-order valence-electron chi connectivity index (χ1n) is 6.50. The molecule has 124 valence electrons. The molecule has 1 fully saturated rings. The molecule has 8 nitrogen and oxygen atoms in total. The van der Waals surface area contributed by atoms with Crippen molar-refractivity contribution < 1.29 is 38.1 Å². The van der Waals surface area contributed by atoms with Crippen molar-refractivity contribution in [1.29, 1.82) is 0 Å². The molecule has 0 amide bonds. The van der Waals surface area contributed by atoms with Crippen LogP contribution in [0, 0.1) is 22.7 Å². The van der Waals surface area contributed by atoms with Crippen LogP contribution in [0.4, 0.5) is 0 Å². The van der Waals surface area contributed by atoms with Crippen LogP contribution < -0.4 is 0 Å². The van der Waals surface area contributed by atoms with Crippen LogP contribution >= 0.6 is 0 Å². The maximum atomic E-state index is 12.2. The van der Waals surface area contributed by atoms with Gasteiger partial charge in [-0.1, -0.05) is 0 Å². The topological polar surface area (TPSA) is 105 Å². The molecule has 0 N–H and O–H groups in total. The number of rotatable bonds is 4. The number of carbonyl (C=O) groups excluding carboxylic acids is 4. The summed E-state index contributed by atoms with van der Waals surface area (Å²) in [6, 6.07) is 0. The lowest BCUT2D eigenvalue weighted by atomic mass is 9.39. The average molecular weight is 316 g/mol. The molecular formula is C14H20O8. The zero-order valence-electron chi connectivity index (χ0n) is 13.4. The van der Waals surface area contributed by atoms with Gasteiger partial charge in [-0.2, -0.15) is 0 Å². The molecule has 4 atom stereocenters. The molecule has 0 bridgehead atoms. The lowest BCUT2D eigenvalue weighted by Crippen LogP contribution is -2.73. The van der Waals surface area contributed by atoms with Crippen LogP contribution in [0.25, 0.3) is 0 Å². The van der Waals surface area contributed by atoms with Crippen LogP contribution in [-0.4, -0.2) is 52.3 Å². The molecule has 22 heavy (non-hydrogen) atoms. The highest BCUT2D eigenvalue weighted by molar-refractivity contribution is 6.02. The molecule has 0 radical (unpaired) electrons. The highest BCUT2D eigenvalue weighted by Crippen LogP contribution is 2.66. The summed E-state index contributed by atoms with van der Waals surface area (Å²) in [5.41, 5.74) is -3.22. The van der Waals surface area contributed by atoms with Gasteiger partial charge in [-0.3, -0.25) is 19.2 Å². The van der Waals surface area contributed by atoms with Crippen LogP contribution in [0.1, 0.15) is 13.8 Å². The number of carbonyl (C=O) groups is 4. The van der Waals surface area contributed by atoms with Gasteiger partial charge in [0, 0.05) is 0 Å². The molecule has 0 spiro atoms. The quantitative estimate of drug-likeness (QED) is 0.524. The fourth-order valence-corrected chi connectivity index (χ4v) is 3.32. The minimum atomic E-state index is -1.61. The van der Waals surface area contributed by atoms with Crippen LogP contribution in [0.15, 0.2) is 0 Å². The molecule has 1 aliphatic carbocycles. The molecule has 0 heterocycles. The second-order valence-electron chi connectivity index (χ2n) is 5.39. The van der Waals surface area contributed by atoms with Gasteiger partial charge in [0.25, 0.3) is 0 Å². The van der Waals surface area contributed by atoms with Crippen molar-refractivity contribution in [2.45, 2.75) is 13.8 Å². The Hall–Kier alpha value is -2.12. The van der Waals surface area contributed by atoms with Gasteiger partial charge in [0.2, 0.25) is 0 Å². The van der Waals surface area contributed by atoms with E-state index in [0.717, 1.165) is 28.4 Å². The van der Waals surface area contributed by atoms with E-state index in [1.54, 1.807) is 0 Å². The lowest BCUT2D eigenvalue weighted by Gasteiger charge is -2.59. The predicted molar refractivity (Wildman–Crippen MR) is 71.3 cm³/mol. The second kappa shape index (κ2) is 5.94. The van der Waals surface area contributed by atoms with E-state index >= 15 is 0 Å². The summed E-state index contributed by atoms with van der Waals surface area (Å²) < 4.78 is 18.8. The van der Waals surface area contributed by atoms with Crippen molar-refractivity contribution in [1.82, 2.24) is 0 Å². The lowest BCUT2D eigenvalue weighted by molar-refractivity contribution is -0.237. The number of ether oxygens (including phenoxy) is 4. The smallest absolute Gasteiger partial charge is 0.313 e. The van der Waals surface area contributed by atoms with Crippen LogP contribution in [-0.2, 0) is 38.1 Å². The molecule has 2 unspecified atom stereocenters. The maximum Gasteiger partial charge on any atom is 0.313 e. The summed E-state index contributed by atoms with van der Waals surface area (Å²) in [6.07, 6.45) is 0. The van der Waals surface area contributed by atoms with Crippen molar-refractivity contribution in [2.24, 2.45) is 22.7 Å². The van der Waals surface area contributed by atoms with Gasteiger partial charge in [-0.05, 0) is 13.8 Å². The first kappa shape index (κ1) is 17.9. The highest BCUT2D eigenvalue weighted by Gasteiger charge is 2.80. The summed E-state index contributed by atoms with van der Waals surface area (Å²) in [6.45, 7) is 2.74. The zero-order chi connectivity index (χ0) is 17.3. The van der Waals surface area contributed by atoms with E-state index in [9.17, 15) is 19.2 Å². The van der Waals surface area contributed by atoms with E-state index in [2.05, 4.69) is 9.47 Å². The van der Waals surface area contributed by atoms with Crippen molar-refractivity contribution in [3.05, 3.63) is 0 Å². The Balaban J connectivity index is 3.54. The first-order chi connectivity index (χ1) is 10.2. The molecule has 0 aliphatic heterocycles. The maximum absolute atomic E-state index is 12.2. The molecule has 0 aromatic rings. The standard InChI is InChI=1S/C14H20O8/c1-13(11(17)21-5)7(9(15)19-3)8(10(16)20-4)14(13,2)12(18)22-6/h7-8H,1-6H3/t7?,8?,13-,14-/m0/s1. The van der Waals surface area contributed by atoms with Crippen LogP contribution in [0.5, 0.6) is 0 Å². The molecule has 1 saturated carbocycles. The van der Waals surface area contributed by atoms with Gasteiger partial charge >= 0.3 is 23.9 Å². The first-order valence-corrected chi connectivity index (χ1v) is 6.50. The molecule has 0 aromatic carbocycles. The fourth-order valence-electron chi connectivity index (χ4n) is 3.32. The Morgan fingerprint density at radius 3 is 1.09 bits per heavy atom. The minimum absolute atomic E-state index is 0.801. The van der Waals surface area contributed by atoms with E-state index < -0.39 is 46.5 Å². The SMILES string of the molecule is COC(=O)C1C(C(=O)OC)[C@@](C)(C(=O)OC)[C@]1(C)C(=O)OC. The molecule has 0 aromatic heterocycles. The van der Waals surface area contributed by atoms with Crippen molar-refractivity contribution >= 4 is 23.9 Å². The number of hydrogen-bond acceptors (Lipinski definition) is 8. The third kappa shape index (κ3) is 1.97. The number of esters is 4.